The van der Waals surface area contributed by atoms with Crippen LogP contribution in [0.2, 0.25) is 0 Å². The molecule has 3 rings (SSSR count). The maximum Gasteiger partial charge on any atom is 0.272 e. The molecule has 1 fully saturated rings. The van der Waals surface area contributed by atoms with Gasteiger partial charge in [0.1, 0.15) is 5.69 Å². The summed E-state index contributed by atoms with van der Waals surface area (Å²) in [6.07, 6.45) is 5.26. The van der Waals surface area contributed by atoms with E-state index in [0.29, 0.717) is 25.3 Å². The van der Waals surface area contributed by atoms with Gasteiger partial charge in [-0.2, -0.15) is 0 Å². The van der Waals surface area contributed by atoms with Crippen LogP contribution in [0, 0.1) is 5.92 Å². The van der Waals surface area contributed by atoms with Crippen LogP contribution in [0.15, 0.2) is 30.9 Å². The number of amides is 2. The molecule has 2 aromatic heterocycles. The first kappa shape index (κ1) is 18.9. The molecular weight excluding hydrogens is 344 g/mol. The number of carbonyl (C=O) groups excluding carboxylic acids is 2. The highest BCUT2D eigenvalue weighted by molar-refractivity contribution is 5.93. The molecule has 0 aliphatic carbocycles. The number of hydrogen-bond donors (Lipinski definition) is 1. The minimum atomic E-state index is -0.0869. The number of nitrogens with one attached hydrogen (secondary N) is 1. The Balaban J connectivity index is 1.82. The van der Waals surface area contributed by atoms with E-state index in [1.54, 1.807) is 12.5 Å². The molecule has 1 saturated heterocycles. The minimum Gasteiger partial charge on any atom is -0.378 e. The Morgan fingerprint density at radius 1 is 1.33 bits per heavy atom. The summed E-state index contributed by atoms with van der Waals surface area (Å²) in [5.41, 5.74) is 2.44. The Bertz CT molecular complexity index is 831. The third-order valence-corrected chi connectivity index (χ3v) is 5.05. The number of anilines is 1. The lowest BCUT2D eigenvalue weighted by Gasteiger charge is -2.18. The molecule has 1 aliphatic rings. The van der Waals surface area contributed by atoms with E-state index in [2.05, 4.69) is 15.3 Å². The molecule has 2 atom stereocenters. The highest BCUT2D eigenvalue weighted by atomic mass is 16.2. The number of nitrogens with zero attached hydrogens (tertiary/aromatic N) is 5. The van der Waals surface area contributed by atoms with Crippen molar-refractivity contribution < 1.29 is 9.59 Å². The Morgan fingerprint density at radius 2 is 2.11 bits per heavy atom. The first-order chi connectivity index (χ1) is 12.9. The molecule has 0 aromatic carbocycles. The molecule has 3 heterocycles. The SMILES string of the molecule is CC(=O)NC[C@@H]1CN(C(=O)c2cc(N(C)C)ccn2)C[C@H]1c1cncn1C. The van der Waals surface area contributed by atoms with Crippen molar-refractivity contribution in [1.82, 2.24) is 24.8 Å². The molecule has 0 radical (unpaired) electrons. The maximum atomic E-state index is 13.0. The van der Waals surface area contributed by atoms with Crippen LogP contribution >= 0.6 is 0 Å². The molecular formula is C19H26N6O2. The zero-order valence-corrected chi connectivity index (χ0v) is 16.2. The number of likely N-dealkylation sites (tertiary alicyclic amines) is 1. The summed E-state index contributed by atoms with van der Waals surface area (Å²) in [7, 11) is 5.81. The average Bonchev–Trinajstić information content (AvgIpc) is 3.25. The Hall–Kier alpha value is -2.90. The van der Waals surface area contributed by atoms with Gasteiger partial charge in [0, 0.05) is 83.3 Å². The molecule has 2 aromatic rings. The number of rotatable bonds is 5. The summed E-state index contributed by atoms with van der Waals surface area (Å²) in [6.45, 7) is 3.19. The Morgan fingerprint density at radius 3 is 2.74 bits per heavy atom. The van der Waals surface area contributed by atoms with Crippen LogP contribution in [0.1, 0.15) is 29.0 Å². The summed E-state index contributed by atoms with van der Waals surface area (Å²) in [5.74, 6) is 0.0932. The molecule has 0 unspecified atom stereocenters. The first-order valence-corrected chi connectivity index (χ1v) is 9.00. The zero-order chi connectivity index (χ0) is 19.6. The maximum absolute atomic E-state index is 13.0. The van der Waals surface area contributed by atoms with Gasteiger partial charge in [-0.25, -0.2) is 4.98 Å². The monoisotopic (exact) mass is 370 g/mol. The topological polar surface area (TPSA) is 83.4 Å². The summed E-state index contributed by atoms with van der Waals surface area (Å²) in [4.78, 5) is 36.7. The zero-order valence-electron chi connectivity index (χ0n) is 16.2. The fourth-order valence-electron chi connectivity index (χ4n) is 3.56. The van der Waals surface area contributed by atoms with Gasteiger partial charge in [0.2, 0.25) is 5.91 Å². The van der Waals surface area contributed by atoms with E-state index in [0.717, 1.165) is 11.4 Å². The molecule has 27 heavy (non-hydrogen) atoms. The molecule has 1 N–H and O–H groups in total. The van der Waals surface area contributed by atoms with Crippen molar-refractivity contribution >= 4 is 17.5 Å². The lowest BCUT2D eigenvalue weighted by Crippen LogP contribution is -2.33. The van der Waals surface area contributed by atoms with Crippen molar-refractivity contribution in [2.75, 3.05) is 38.6 Å². The number of hydrogen-bond acceptors (Lipinski definition) is 5. The molecule has 144 valence electrons. The number of imidazole rings is 1. The van der Waals surface area contributed by atoms with Crippen molar-refractivity contribution in [2.45, 2.75) is 12.8 Å². The van der Waals surface area contributed by atoms with Crippen LogP contribution in [0.25, 0.3) is 0 Å². The Kier molecular flexibility index (Phi) is 5.43. The van der Waals surface area contributed by atoms with E-state index < -0.39 is 0 Å². The van der Waals surface area contributed by atoms with Gasteiger partial charge in [-0.05, 0) is 12.1 Å². The van der Waals surface area contributed by atoms with Gasteiger partial charge in [-0.15, -0.1) is 0 Å². The summed E-state index contributed by atoms with van der Waals surface area (Å²) in [5, 5.41) is 2.89. The third kappa shape index (κ3) is 4.10. The number of pyridine rings is 1. The Labute approximate surface area is 159 Å². The van der Waals surface area contributed by atoms with Crippen molar-refractivity contribution in [3.05, 3.63) is 42.2 Å². The van der Waals surface area contributed by atoms with Crippen LogP contribution < -0.4 is 10.2 Å². The van der Waals surface area contributed by atoms with E-state index in [1.165, 1.54) is 6.92 Å². The quantitative estimate of drug-likeness (QED) is 0.845. The van der Waals surface area contributed by atoms with Gasteiger partial charge in [0.15, 0.2) is 0 Å². The predicted molar refractivity (Wildman–Crippen MR) is 103 cm³/mol. The van der Waals surface area contributed by atoms with E-state index in [9.17, 15) is 9.59 Å². The normalized spacial score (nSPS) is 19.2. The average molecular weight is 370 g/mol. The highest BCUT2D eigenvalue weighted by Crippen LogP contribution is 2.33. The molecule has 8 heteroatoms. The largest absolute Gasteiger partial charge is 0.378 e. The summed E-state index contributed by atoms with van der Waals surface area (Å²) < 4.78 is 1.98. The lowest BCUT2D eigenvalue weighted by molar-refractivity contribution is -0.119. The third-order valence-electron chi connectivity index (χ3n) is 5.05. The standard InChI is InChI=1S/C19H26N6O2/c1-13(26)22-8-14-10-25(11-16(14)18-9-20-12-24(18)4)19(27)17-7-15(23(2)3)5-6-21-17/h5-7,9,12,14,16H,8,10-11H2,1-4H3,(H,22,26)/t14-,16-/m1/s1. The van der Waals surface area contributed by atoms with Gasteiger partial charge >= 0.3 is 0 Å². The van der Waals surface area contributed by atoms with E-state index in [-0.39, 0.29) is 23.7 Å². The predicted octanol–water partition coefficient (Wildman–Crippen LogP) is 0.873. The van der Waals surface area contributed by atoms with Gasteiger partial charge in [-0.1, -0.05) is 0 Å². The van der Waals surface area contributed by atoms with E-state index in [4.69, 9.17) is 0 Å². The van der Waals surface area contributed by atoms with Crippen LogP contribution in [0.4, 0.5) is 5.69 Å². The van der Waals surface area contributed by atoms with Gasteiger partial charge in [0.05, 0.1) is 6.33 Å². The lowest BCUT2D eigenvalue weighted by atomic mass is 9.93. The molecule has 8 nitrogen and oxygen atoms in total. The van der Waals surface area contributed by atoms with Crippen molar-refractivity contribution in [3.63, 3.8) is 0 Å². The first-order valence-electron chi connectivity index (χ1n) is 9.00. The summed E-state index contributed by atoms with van der Waals surface area (Å²) >= 11 is 0. The van der Waals surface area contributed by atoms with Gasteiger partial charge in [-0.3, -0.25) is 14.6 Å². The fourth-order valence-corrected chi connectivity index (χ4v) is 3.56. The van der Waals surface area contributed by atoms with Crippen LogP contribution in [0.5, 0.6) is 0 Å². The van der Waals surface area contributed by atoms with Crippen molar-refractivity contribution in [1.29, 1.82) is 0 Å². The fraction of sp³-hybridized carbons (Fsp3) is 0.474. The van der Waals surface area contributed by atoms with Gasteiger partial charge in [0.25, 0.3) is 5.91 Å². The van der Waals surface area contributed by atoms with E-state index >= 15 is 0 Å². The van der Waals surface area contributed by atoms with Crippen LogP contribution in [-0.4, -0.2) is 65.0 Å². The van der Waals surface area contributed by atoms with Crippen LogP contribution in [0.3, 0.4) is 0 Å². The van der Waals surface area contributed by atoms with Crippen LogP contribution in [-0.2, 0) is 11.8 Å². The highest BCUT2D eigenvalue weighted by Gasteiger charge is 2.38. The number of aryl methyl sites for hydroxylation is 1. The van der Waals surface area contributed by atoms with Crippen molar-refractivity contribution in [3.8, 4) is 0 Å². The second-order valence-corrected chi connectivity index (χ2v) is 7.24. The smallest absolute Gasteiger partial charge is 0.272 e. The number of aromatic nitrogens is 3. The molecule has 0 saturated carbocycles. The number of carbonyl (C=O) groups is 2. The summed E-state index contributed by atoms with van der Waals surface area (Å²) in [6, 6.07) is 3.68. The molecule has 2 amide bonds. The van der Waals surface area contributed by atoms with Crippen molar-refractivity contribution in [2.24, 2.45) is 13.0 Å². The molecule has 1 aliphatic heterocycles. The molecule has 0 bridgehead atoms. The second-order valence-electron chi connectivity index (χ2n) is 7.24. The molecule has 0 spiro atoms. The minimum absolute atomic E-state index is 0.0658. The second kappa shape index (κ2) is 7.77. The van der Waals surface area contributed by atoms with E-state index in [1.807, 2.05) is 53.8 Å². The van der Waals surface area contributed by atoms with Gasteiger partial charge < -0.3 is 19.7 Å².